The van der Waals surface area contributed by atoms with Gasteiger partial charge in [-0.25, -0.2) is 17.5 Å². The van der Waals surface area contributed by atoms with E-state index in [0.717, 1.165) is 0 Å². The van der Waals surface area contributed by atoms with Crippen LogP contribution in [0.3, 0.4) is 0 Å². The van der Waals surface area contributed by atoms with Crippen LogP contribution in [0.4, 0.5) is 5.69 Å². The number of carbonyl (C=O) groups is 2. The highest BCUT2D eigenvalue weighted by molar-refractivity contribution is 7.89. The van der Waals surface area contributed by atoms with Crippen molar-refractivity contribution in [1.82, 2.24) is 4.31 Å². The Kier molecular flexibility index (Phi) is 6.98. The van der Waals surface area contributed by atoms with Crippen LogP contribution in [0.2, 0.25) is 0 Å². The molecular weight excluding hydrogens is 360 g/mol. The summed E-state index contributed by atoms with van der Waals surface area (Å²) >= 11 is 0. The summed E-state index contributed by atoms with van der Waals surface area (Å²) in [5.74, 6) is -1.34. The minimum Gasteiger partial charge on any atom is -0.482 e. The van der Waals surface area contributed by atoms with Gasteiger partial charge in [-0.3, -0.25) is 4.79 Å². The molecule has 1 aromatic rings. The highest BCUT2D eigenvalue weighted by Crippen LogP contribution is 2.23. The Morgan fingerprint density at radius 3 is 2.85 bits per heavy atom. The van der Waals surface area contributed by atoms with Gasteiger partial charge in [-0.15, -0.1) is 0 Å². The lowest BCUT2D eigenvalue weighted by Crippen LogP contribution is -2.44. The number of hydrogen-bond donors (Lipinski definition) is 2. The fourth-order valence-corrected chi connectivity index (χ4v) is 4.44. The van der Waals surface area contributed by atoms with Gasteiger partial charge in [0.2, 0.25) is 15.9 Å². The molecule has 0 bridgehead atoms. The summed E-state index contributed by atoms with van der Waals surface area (Å²) in [5.41, 5.74) is 0.478. The zero-order valence-electron chi connectivity index (χ0n) is 14.7. The molecule has 0 radical (unpaired) electrons. The van der Waals surface area contributed by atoms with Crippen molar-refractivity contribution in [3.8, 4) is 5.75 Å². The van der Waals surface area contributed by atoms with Gasteiger partial charge >= 0.3 is 5.97 Å². The van der Waals surface area contributed by atoms with Crippen molar-refractivity contribution in [2.75, 3.05) is 30.8 Å². The van der Waals surface area contributed by atoms with Crippen molar-refractivity contribution in [3.05, 3.63) is 24.3 Å². The molecule has 144 valence electrons. The summed E-state index contributed by atoms with van der Waals surface area (Å²) in [6, 6.07) is 6.44. The van der Waals surface area contributed by atoms with E-state index in [1.807, 2.05) is 6.92 Å². The molecule has 2 rings (SSSR count). The number of anilines is 1. The van der Waals surface area contributed by atoms with E-state index in [2.05, 4.69) is 5.32 Å². The lowest BCUT2D eigenvalue weighted by Gasteiger charge is -2.31. The predicted octanol–water partition coefficient (Wildman–Crippen LogP) is 1.54. The number of carboxylic acid groups (broad SMARTS) is 1. The van der Waals surface area contributed by atoms with E-state index in [9.17, 15) is 18.0 Å². The molecule has 0 aromatic heterocycles. The number of carbonyl (C=O) groups excluding carboxylic acids is 1. The number of piperidine rings is 1. The second-order valence-electron chi connectivity index (χ2n) is 6.21. The molecule has 1 aliphatic heterocycles. The summed E-state index contributed by atoms with van der Waals surface area (Å²) < 4.78 is 30.9. The molecular formula is C17H24N2O6S. The van der Waals surface area contributed by atoms with Crippen molar-refractivity contribution < 1.29 is 27.9 Å². The Bertz CT molecular complexity index is 749. The number of ether oxygens (including phenoxy) is 1. The van der Waals surface area contributed by atoms with E-state index in [0.29, 0.717) is 37.2 Å². The molecule has 1 atom stereocenters. The van der Waals surface area contributed by atoms with E-state index < -0.39 is 28.5 Å². The first-order valence-corrected chi connectivity index (χ1v) is 10.2. The Morgan fingerprint density at radius 2 is 2.15 bits per heavy atom. The summed E-state index contributed by atoms with van der Waals surface area (Å²) in [4.78, 5) is 23.1. The molecule has 9 heteroatoms. The van der Waals surface area contributed by atoms with Crippen LogP contribution >= 0.6 is 0 Å². The lowest BCUT2D eigenvalue weighted by molar-refractivity contribution is -0.139. The van der Waals surface area contributed by atoms with Crippen LogP contribution in [-0.2, 0) is 19.6 Å². The molecule has 1 aliphatic rings. The number of nitrogens with zero attached hydrogens (tertiary/aromatic N) is 1. The third-order valence-electron chi connectivity index (χ3n) is 4.07. The van der Waals surface area contributed by atoms with Crippen LogP contribution in [0.1, 0.15) is 26.2 Å². The normalized spacial score (nSPS) is 18.3. The number of hydrogen-bond acceptors (Lipinski definition) is 5. The van der Waals surface area contributed by atoms with Gasteiger partial charge in [-0.2, -0.15) is 0 Å². The molecule has 0 spiro atoms. The average molecular weight is 384 g/mol. The van der Waals surface area contributed by atoms with Crippen molar-refractivity contribution in [2.24, 2.45) is 5.92 Å². The van der Waals surface area contributed by atoms with Crippen LogP contribution in [-0.4, -0.2) is 55.2 Å². The fraction of sp³-hybridized carbons (Fsp3) is 0.529. The first-order chi connectivity index (χ1) is 12.3. The van der Waals surface area contributed by atoms with Gasteiger partial charge in [-0.1, -0.05) is 13.0 Å². The topological polar surface area (TPSA) is 113 Å². The van der Waals surface area contributed by atoms with Gasteiger partial charge in [0, 0.05) is 24.8 Å². The number of aliphatic carboxylic acids is 1. The number of sulfonamides is 1. The Hall–Kier alpha value is -2.13. The van der Waals surface area contributed by atoms with Crippen molar-refractivity contribution >= 4 is 27.6 Å². The van der Waals surface area contributed by atoms with Crippen LogP contribution in [0.15, 0.2) is 24.3 Å². The van der Waals surface area contributed by atoms with Crippen LogP contribution in [0.25, 0.3) is 0 Å². The third-order valence-corrected chi connectivity index (χ3v) is 6.12. The Morgan fingerprint density at radius 1 is 1.38 bits per heavy atom. The second-order valence-corrected chi connectivity index (χ2v) is 8.30. The summed E-state index contributed by atoms with van der Waals surface area (Å²) in [5, 5.41) is 11.4. The minimum atomic E-state index is -3.32. The maximum absolute atomic E-state index is 12.5. The largest absolute Gasteiger partial charge is 0.482 e. The lowest BCUT2D eigenvalue weighted by atomic mass is 9.98. The van der Waals surface area contributed by atoms with Crippen molar-refractivity contribution in [2.45, 2.75) is 26.2 Å². The zero-order chi connectivity index (χ0) is 19.2. The highest BCUT2D eigenvalue weighted by atomic mass is 32.2. The van der Waals surface area contributed by atoms with E-state index in [1.54, 1.807) is 18.2 Å². The molecule has 1 aromatic carbocycles. The molecule has 0 aliphatic carbocycles. The molecule has 8 nitrogen and oxygen atoms in total. The van der Waals surface area contributed by atoms with Crippen LogP contribution < -0.4 is 10.1 Å². The minimum absolute atomic E-state index is 0.0876. The third kappa shape index (κ3) is 5.70. The molecule has 1 saturated heterocycles. The summed E-state index contributed by atoms with van der Waals surface area (Å²) in [7, 11) is -3.32. The van der Waals surface area contributed by atoms with Crippen LogP contribution in [0.5, 0.6) is 5.75 Å². The quantitative estimate of drug-likeness (QED) is 0.703. The first kappa shape index (κ1) is 20.2. The van der Waals surface area contributed by atoms with E-state index >= 15 is 0 Å². The molecule has 1 heterocycles. The van der Waals surface area contributed by atoms with Gasteiger partial charge in [0.1, 0.15) is 5.75 Å². The van der Waals surface area contributed by atoms with Crippen molar-refractivity contribution in [3.63, 3.8) is 0 Å². The number of rotatable bonds is 8. The van der Waals surface area contributed by atoms with E-state index in [1.165, 1.54) is 10.4 Å². The van der Waals surface area contributed by atoms with Gasteiger partial charge in [-0.05, 0) is 31.4 Å². The standard InChI is InChI=1S/C17H24N2O6S/c1-2-9-26(23,24)19-8-4-5-13(11-19)17(22)18-14-6-3-7-15(10-14)25-12-16(20)21/h3,6-7,10,13H,2,4-5,8-9,11-12H2,1H3,(H,18,22)(H,20,21). The number of benzene rings is 1. The first-order valence-electron chi connectivity index (χ1n) is 8.55. The maximum atomic E-state index is 12.5. The summed E-state index contributed by atoms with van der Waals surface area (Å²) in [6.45, 7) is 1.98. The highest BCUT2D eigenvalue weighted by Gasteiger charge is 2.31. The molecule has 26 heavy (non-hydrogen) atoms. The Labute approximate surface area is 153 Å². The van der Waals surface area contributed by atoms with Gasteiger partial charge in [0.15, 0.2) is 6.61 Å². The number of carboxylic acids is 1. The molecule has 1 unspecified atom stereocenters. The smallest absolute Gasteiger partial charge is 0.341 e. The second kappa shape index (κ2) is 9.00. The van der Waals surface area contributed by atoms with E-state index in [4.69, 9.17) is 9.84 Å². The van der Waals surface area contributed by atoms with Crippen LogP contribution in [0, 0.1) is 5.92 Å². The van der Waals surface area contributed by atoms with E-state index in [-0.39, 0.29) is 18.2 Å². The Balaban J connectivity index is 1.99. The van der Waals surface area contributed by atoms with Gasteiger partial charge in [0.25, 0.3) is 0 Å². The van der Waals surface area contributed by atoms with Gasteiger partial charge < -0.3 is 15.2 Å². The SMILES string of the molecule is CCCS(=O)(=O)N1CCCC(C(=O)Nc2cccc(OCC(=O)O)c2)C1. The van der Waals surface area contributed by atoms with Gasteiger partial charge in [0.05, 0.1) is 11.7 Å². The number of nitrogens with one attached hydrogen (secondary N) is 1. The zero-order valence-corrected chi connectivity index (χ0v) is 15.5. The molecule has 1 amide bonds. The molecule has 1 fully saturated rings. The summed E-state index contributed by atoms with van der Waals surface area (Å²) in [6.07, 6.45) is 1.81. The monoisotopic (exact) mass is 384 g/mol. The van der Waals surface area contributed by atoms with Crippen molar-refractivity contribution in [1.29, 1.82) is 0 Å². The molecule has 2 N–H and O–H groups in total. The maximum Gasteiger partial charge on any atom is 0.341 e. The molecule has 0 saturated carbocycles. The fourth-order valence-electron chi connectivity index (χ4n) is 2.85. The average Bonchev–Trinajstić information content (AvgIpc) is 2.60. The predicted molar refractivity (Wildman–Crippen MR) is 96.6 cm³/mol. The number of amides is 1.